The van der Waals surface area contributed by atoms with Crippen molar-refractivity contribution in [2.24, 2.45) is 5.92 Å². The Balaban J connectivity index is 1.64. The fraction of sp³-hybridized carbons (Fsp3) is 0.444. The predicted molar refractivity (Wildman–Crippen MR) is 103 cm³/mol. The van der Waals surface area contributed by atoms with Crippen molar-refractivity contribution in [3.8, 4) is 0 Å². The smallest absolute Gasteiger partial charge is 0.263 e. The Kier molecular flexibility index (Phi) is 5.62. The number of rotatable bonds is 5. The van der Waals surface area contributed by atoms with Crippen molar-refractivity contribution in [3.05, 3.63) is 40.9 Å². The molecule has 0 radical (unpaired) electrons. The van der Waals surface area contributed by atoms with E-state index in [2.05, 4.69) is 16.6 Å². The number of anilines is 1. The van der Waals surface area contributed by atoms with Gasteiger partial charge in [-0.2, -0.15) is 0 Å². The number of nitrogens with one attached hydrogen (secondary N) is 1. The molecule has 1 aromatic carbocycles. The van der Waals surface area contributed by atoms with Gasteiger partial charge in [0.1, 0.15) is 0 Å². The van der Waals surface area contributed by atoms with Gasteiger partial charge in [-0.3, -0.25) is 9.52 Å². The SMILES string of the molecule is Cc1ccc(S(=O)(=O)Nc2nc(CC(=O)N3CCCC(C)C3)cs2)cc1. The molecular formula is C18H23N3O3S2. The second-order valence-electron chi connectivity index (χ2n) is 6.83. The molecule has 8 heteroatoms. The van der Waals surface area contributed by atoms with E-state index in [1.807, 2.05) is 11.8 Å². The molecule has 1 unspecified atom stereocenters. The average Bonchev–Trinajstić information content (AvgIpc) is 3.01. The average molecular weight is 394 g/mol. The molecule has 6 nitrogen and oxygen atoms in total. The summed E-state index contributed by atoms with van der Waals surface area (Å²) >= 11 is 1.19. The van der Waals surface area contributed by atoms with E-state index in [0.717, 1.165) is 31.5 Å². The maximum atomic E-state index is 12.4. The standard InChI is InChI=1S/C18H23N3O3S2/c1-13-5-7-16(8-6-13)26(23,24)20-18-19-15(12-25-18)10-17(22)21-9-3-4-14(2)11-21/h5-8,12,14H,3-4,9-11H2,1-2H3,(H,19,20). The fourth-order valence-corrected chi connectivity index (χ4v) is 4.97. The number of benzene rings is 1. The third-order valence-electron chi connectivity index (χ3n) is 4.45. The quantitative estimate of drug-likeness (QED) is 0.847. The Morgan fingerprint density at radius 2 is 2.08 bits per heavy atom. The molecule has 2 aromatic rings. The van der Waals surface area contributed by atoms with Crippen molar-refractivity contribution in [3.63, 3.8) is 0 Å². The van der Waals surface area contributed by atoms with Gasteiger partial charge < -0.3 is 4.90 Å². The number of hydrogen-bond donors (Lipinski definition) is 1. The predicted octanol–water partition coefficient (Wildman–Crippen LogP) is 3.05. The summed E-state index contributed by atoms with van der Waals surface area (Å²) in [5, 5.41) is 2.01. The number of hydrogen-bond acceptors (Lipinski definition) is 5. The Morgan fingerprint density at radius 3 is 2.77 bits per heavy atom. The minimum Gasteiger partial charge on any atom is -0.342 e. The summed E-state index contributed by atoms with van der Waals surface area (Å²) in [6.07, 6.45) is 2.40. The first-order chi connectivity index (χ1) is 12.3. The molecule has 3 rings (SSSR count). The number of nitrogens with zero attached hydrogens (tertiary/aromatic N) is 2. The molecule has 140 valence electrons. The molecule has 26 heavy (non-hydrogen) atoms. The van der Waals surface area contributed by atoms with Crippen molar-refractivity contribution in [1.82, 2.24) is 9.88 Å². The van der Waals surface area contributed by atoms with Crippen LogP contribution >= 0.6 is 11.3 Å². The lowest BCUT2D eigenvalue weighted by Gasteiger charge is -2.30. The fourth-order valence-electron chi connectivity index (χ4n) is 3.01. The van der Waals surface area contributed by atoms with Gasteiger partial charge in [-0.25, -0.2) is 13.4 Å². The highest BCUT2D eigenvalue weighted by atomic mass is 32.2. The first-order valence-electron chi connectivity index (χ1n) is 8.65. The molecule has 0 aliphatic carbocycles. The maximum Gasteiger partial charge on any atom is 0.263 e. The molecule has 0 saturated carbocycles. The van der Waals surface area contributed by atoms with Gasteiger partial charge in [0, 0.05) is 18.5 Å². The first-order valence-corrected chi connectivity index (χ1v) is 11.0. The van der Waals surface area contributed by atoms with Crippen LogP contribution in [0.3, 0.4) is 0 Å². The molecule has 1 fully saturated rings. The monoisotopic (exact) mass is 393 g/mol. The first kappa shape index (κ1) is 18.8. The third kappa shape index (κ3) is 4.62. The molecule has 1 amide bonds. The van der Waals surface area contributed by atoms with Gasteiger partial charge in [0.05, 0.1) is 17.0 Å². The number of carbonyl (C=O) groups excluding carboxylic acids is 1. The number of thiazole rings is 1. The summed E-state index contributed by atoms with van der Waals surface area (Å²) in [5.41, 5.74) is 1.59. The second kappa shape index (κ2) is 7.75. The molecule has 1 atom stereocenters. The van der Waals surface area contributed by atoms with Gasteiger partial charge >= 0.3 is 0 Å². The topological polar surface area (TPSA) is 79.4 Å². The van der Waals surface area contributed by atoms with Gasteiger partial charge in [0.2, 0.25) is 5.91 Å². The van der Waals surface area contributed by atoms with Gasteiger partial charge in [0.15, 0.2) is 5.13 Å². The number of amides is 1. The molecule has 1 aromatic heterocycles. The van der Waals surface area contributed by atoms with E-state index in [1.165, 1.54) is 11.3 Å². The van der Waals surface area contributed by atoms with Crippen LogP contribution in [0.5, 0.6) is 0 Å². The maximum absolute atomic E-state index is 12.4. The third-order valence-corrected chi connectivity index (χ3v) is 6.74. The van der Waals surface area contributed by atoms with E-state index < -0.39 is 10.0 Å². The zero-order chi connectivity index (χ0) is 18.7. The van der Waals surface area contributed by atoms with Crippen molar-refractivity contribution < 1.29 is 13.2 Å². The van der Waals surface area contributed by atoms with Crippen molar-refractivity contribution in [1.29, 1.82) is 0 Å². The van der Waals surface area contributed by atoms with Crippen molar-refractivity contribution in [2.75, 3.05) is 17.8 Å². The molecular weight excluding hydrogens is 370 g/mol. The second-order valence-corrected chi connectivity index (χ2v) is 9.37. The van der Waals surface area contributed by atoms with Crippen LogP contribution in [0.15, 0.2) is 34.5 Å². The van der Waals surface area contributed by atoms with Crippen LogP contribution in [0.25, 0.3) is 0 Å². The molecule has 0 bridgehead atoms. The Morgan fingerprint density at radius 1 is 1.35 bits per heavy atom. The number of piperidine rings is 1. The number of sulfonamides is 1. The molecule has 1 saturated heterocycles. The van der Waals surface area contributed by atoms with Crippen molar-refractivity contribution in [2.45, 2.75) is 38.0 Å². The summed E-state index contributed by atoms with van der Waals surface area (Å²) in [5.74, 6) is 0.579. The van der Waals surface area contributed by atoms with Crippen LogP contribution in [0.2, 0.25) is 0 Å². The van der Waals surface area contributed by atoms with E-state index in [-0.39, 0.29) is 22.4 Å². The van der Waals surface area contributed by atoms with Crippen LogP contribution in [-0.2, 0) is 21.2 Å². The summed E-state index contributed by atoms with van der Waals surface area (Å²) in [7, 11) is -3.67. The lowest BCUT2D eigenvalue weighted by atomic mass is 10.00. The van der Waals surface area contributed by atoms with Crippen molar-refractivity contribution >= 4 is 32.4 Å². The summed E-state index contributed by atoms with van der Waals surface area (Å²) in [4.78, 5) is 18.8. The number of carbonyl (C=O) groups is 1. The Hall–Kier alpha value is -1.93. The minimum absolute atomic E-state index is 0.0507. The summed E-state index contributed by atoms with van der Waals surface area (Å²) < 4.78 is 27.3. The van der Waals surface area contributed by atoms with Gasteiger partial charge in [0.25, 0.3) is 10.0 Å². The van der Waals surface area contributed by atoms with E-state index in [1.54, 1.807) is 29.6 Å². The van der Waals surface area contributed by atoms with Crippen LogP contribution in [0, 0.1) is 12.8 Å². The minimum atomic E-state index is -3.67. The van der Waals surface area contributed by atoms with E-state index in [0.29, 0.717) is 11.6 Å². The van der Waals surface area contributed by atoms with Crippen LogP contribution < -0.4 is 4.72 Å². The van der Waals surface area contributed by atoms with Gasteiger partial charge in [-0.15, -0.1) is 11.3 Å². The summed E-state index contributed by atoms with van der Waals surface area (Å²) in [6.45, 7) is 5.63. The largest absolute Gasteiger partial charge is 0.342 e. The molecule has 1 N–H and O–H groups in total. The van der Waals surface area contributed by atoms with Crippen LogP contribution in [-0.4, -0.2) is 37.3 Å². The van der Waals surface area contributed by atoms with E-state index in [4.69, 9.17) is 0 Å². The highest BCUT2D eigenvalue weighted by Gasteiger charge is 2.22. The van der Waals surface area contributed by atoms with Crippen LogP contribution in [0.1, 0.15) is 31.0 Å². The van der Waals surface area contributed by atoms with Crippen LogP contribution in [0.4, 0.5) is 5.13 Å². The zero-order valence-corrected chi connectivity index (χ0v) is 16.6. The summed E-state index contributed by atoms with van der Waals surface area (Å²) in [6, 6.07) is 6.63. The molecule has 1 aliphatic rings. The van der Waals surface area contributed by atoms with E-state index in [9.17, 15) is 13.2 Å². The molecule has 1 aliphatic heterocycles. The van der Waals surface area contributed by atoms with E-state index >= 15 is 0 Å². The highest BCUT2D eigenvalue weighted by molar-refractivity contribution is 7.93. The zero-order valence-electron chi connectivity index (χ0n) is 14.9. The normalized spacial score (nSPS) is 17.9. The lowest BCUT2D eigenvalue weighted by Crippen LogP contribution is -2.39. The number of aryl methyl sites for hydroxylation is 1. The number of likely N-dealkylation sites (tertiary alicyclic amines) is 1. The molecule has 2 heterocycles. The Labute approximate surface area is 158 Å². The molecule has 0 spiro atoms. The lowest BCUT2D eigenvalue weighted by molar-refractivity contribution is -0.132. The van der Waals surface area contributed by atoms with Gasteiger partial charge in [-0.1, -0.05) is 24.6 Å². The van der Waals surface area contributed by atoms with Gasteiger partial charge in [-0.05, 0) is 37.8 Å². The number of aromatic nitrogens is 1. The Bertz CT molecular complexity index is 875. The highest BCUT2D eigenvalue weighted by Crippen LogP contribution is 2.22.